The standard InChI is InChI=1S/C25H33O8P.C2H4OS.2Na.7H2/c1-3-5-7-9-11-12-14-16-18-20-25(27)33-23(22-32-34(28,29)30)21-31-24(26)19-17-15-13-10-8-6-4-2;1-2(3)4;;;;;;;;;/h23H,3,5,7,9,11-12,14,16,18,20-22H2,1-2H3,(H2,28,29,30);1H3,(H,3,4);;;7*1H/q;;2*+1;;;;;;;/p-2/t23-;;;;;;;;;;/m1........../s1. The molecule has 0 spiro atoms. The van der Waals surface area contributed by atoms with Crippen LogP contribution in [-0.4, -0.2) is 36.4 Å². The Bertz CT molecular complexity index is 1040. The third-order valence-corrected chi connectivity index (χ3v) is 4.67. The van der Waals surface area contributed by atoms with Crippen LogP contribution in [0.2, 0.25) is 0 Å². The van der Waals surface area contributed by atoms with Crippen molar-refractivity contribution < 1.29 is 112 Å². The first-order valence-electron chi connectivity index (χ1n) is 12.2. The zero-order chi connectivity index (χ0) is 29.1. The summed E-state index contributed by atoms with van der Waals surface area (Å²) in [6.45, 7) is 3.90. The number of hydrogen-bond donors (Lipinski definition) is 1. The van der Waals surface area contributed by atoms with Gasteiger partial charge in [0.2, 0.25) is 0 Å². The van der Waals surface area contributed by atoms with Crippen LogP contribution in [0.25, 0.3) is 0 Å². The number of thiol groups is 1. The van der Waals surface area contributed by atoms with Crippen molar-refractivity contribution in [3.8, 4) is 47.4 Å². The van der Waals surface area contributed by atoms with Gasteiger partial charge in [0.25, 0.3) is 0 Å². The topological polar surface area (TPSA) is 142 Å². The molecule has 0 aromatic heterocycles. The molecule has 0 unspecified atom stereocenters. The van der Waals surface area contributed by atoms with E-state index < -0.39 is 39.1 Å². The smallest absolute Gasteiger partial charge is 0.790 e. The minimum absolute atomic E-state index is 0. The minimum Gasteiger partial charge on any atom is -0.790 e. The van der Waals surface area contributed by atoms with E-state index in [2.05, 4.69) is 71.4 Å². The maximum absolute atomic E-state index is 12.0. The summed E-state index contributed by atoms with van der Waals surface area (Å²) in [4.78, 5) is 54.4. The Balaban J connectivity index is -0.000000104. The summed E-state index contributed by atoms with van der Waals surface area (Å²) >= 11 is 3.33. The van der Waals surface area contributed by atoms with Crippen molar-refractivity contribution in [2.75, 3.05) is 13.2 Å². The van der Waals surface area contributed by atoms with Gasteiger partial charge in [-0.1, -0.05) is 64.2 Å². The normalized spacial score (nSPS) is 9.65. The van der Waals surface area contributed by atoms with Gasteiger partial charge in [-0.25, -0.2) is 4.79 Å². The summed E-state index contributed by atoms with van der Waals surface area (Å²) in [5, 5.41) is -0.139. The monoisotopic (exact) mass is 626 g/mol. The molecule has 1 atom stereocenters. The first-order chi connectivity index (χ1) is 18.0. The van der Waals surface area contributed by atoms with Gasteiger partial charge >= 0.3 is 71.1 Å². The molecule has 9 nitrogen and oxygen atoms in total. The van der Waals surface area contributed by atoms with Crippen LogP contribution in [0.4, 0.5) is 0 Å². The Morgan fingerprint density at radius 1 is 0.850 bits per heavy atom. The zero-order valence-corrected chi connectivity index (χ0v) is 29.9. The van der Waals surface area contributed by atoms with Crippen LogP contribution >= 0.6 is 20.5 Å². The molecule has 224 valence electrons. The first-order valence-corrected chi connectivity index (χ1v) is 14.1. The number of phosphoric acid groups is 1. The summed E-state index contributed by atoms with van der Waals surface area (Å²) in [5.74, 6) is 17.3. The van der Waals surface area contributed by atoms with E-state index >= 15 is 0 Å². The fourth-order valence-corrected chi connectivity index (χ4v) is 2.94. The molecule has 40 heavy (non-hydrogen) atoms. The molecular formula is C27H49Na2O9PS. The Kier molecular flexibility index (Phi) is 38.0. The molecule has 0 aliphatic rings. The van der Waals surface area contributed by atoms with E-state index in [9.17, 15) is 28.7 Å². The zero-order valence-electron chi connectivity index (χ0n) is 24.1. The molecule has 0 saturated heterocycles. The Morgan fingerprint density at radius 2 is 1.32 bits per heavy atom. The van der Waals surface area contributed by atoms with Crippen molar-refractivity contribution in [3.63, 3.8) is 0 Å². The van der Waals surface area contributed by atoms with E-state index in [-0.39, 0.29) is 80.6 Å². The Labute approximate surface area is 299 Å². The van der Waals surface area contributed by atoms with E-state index in [0.717, 1.165) is 19.3 Å². The van der Waals surface area contributed by atoms with Gasteiger partial charge in [-0.2, -0.15) is 0 Å². The molecule has 0 rings (SSSR count). The van der Waals surface area contributed by atoms with E-state index in [0.29, 0.717) is 6.42 Å². The van der Waals surface area contributed by atoms with Gasteiger partial charge in [-0.15, -0.1) is 12.6 Å². The average Bonchev–Trinajstić information content (AvgIpc) is 2.83. The van der Waals surface area contributed by atoms with Crippen LogP contribution in [-0.2, 0) is 32.9 Å². The fourth-order valence-electron chi connectivity index (χ4n) is 2.59. The predicted octanol–water partition coefficient (Wildman–Crippen LogP) is -1.57. The number of phosphoric ester groups is 1. The van der Waals surface area contributed by atoms with Crippen LogP contribution in [0.3, 0.4) is 0 Å². The maximum Gasteiger partial charge on any atom is 1.00 e. The van der Waals surface area contributed by atoms with E-state index in [4.69, 9.17) is 9.47 Å². The van der Waals surface area contributed by atoms with Crippen molar-refractivity contribution >= 4 is 37.5 Å². The molecule has 0 saturated carbocycles. The Hall–Kier alpha value is -0.690. The van der Waals surface area contributed by atoms with Gasteiger partial charge in [0, 0.05) is 29.3 Å². The van der Waals surface area contributed by atoms with Gasteiger partial charge in [0.1, 0.15) is 6.61 Å². The maximum atomic E-state index is 12.0. The number of unbranched alkanes of at least 4 members (excludes halogenated alkanes) is 8. The number of carbonyl (C=O) groups is 3. The van der Waals surface area contributed by atoms with Crippen molar-refractivity contribution in [2.45, 2.75) is 91.1 Å². The van der Waals surface area contributed by atoms with Gasteiger partial charge < -0.3 is 28.3 Å². The summed E-state index contributed by atoms with van der Waals surface area (Å²) in [6, 6.07) is 0. The number of hydrogen-bond acceptors (Lipinski definition) is 9. The number of rotatable bonds is 16. The van der Waals surface area contributed by atoms with Crippen molar-refractivity contribution in [2.24, 2.45) is 0 Å². The molecule has 0 aromatic carbocycles. The fraction of sp³-hybridized carbons (Fsp3) is 0.593. The number of esters is 2. The second-order valence-corrected chi connectivity index (χ2v) is 9.46. The molecular weight excluding hydrogens is 577 g/mol. The molecule has 0 fully saturated rings. The van der Waals surface area contributed by atoms with Crippen LogP contribution in [0.15, 0.2) is 0 Å². The van der Waals surface area contributed by atoms with Gasteiger partial charge in [0.05, 0.1) is 14.4 Å². The average molecular weight is 627 g/mol. The van der Waals surface area contributed by atoms with Crippen molar-refractivity contribution in [1.82, 2.24) is 0 Å². The molecule has 0 amide bonds. The molecule has 0 aliphatic heterocycles. The van der Waals surface area contributed by atoms with E-state index in [1.54, 1.807) is 6.92 Å². The summed E-state index contributed by atoms with van der Waals surface area (Å²) in [7, 11) is -5.29. The molecule has 0 N–H and O–H groups in total. The second kappa shape index (κ2) is 32.8. The summed E-state index contributed by atoms with van der Waals surface area (Å²) in [5.41, 5.74) is 0. The molecule has 0 aromatic rings. The van der Waals surface area contributed by atoms with Crippen molar-refractivity contribution in [1.29, 1.82) is 0 Å². The third kappa shape index (κ3) is 41.8. The quantitative estimate of drug-likeness (QED) is 0.0409. The SMILES string of the molecule is CC#CC#CC#CC#CC(=O)OC[C@H](COP(=O)([O-])[O-])OC(=O)CCCCCCCCCCC.CC(=O)S.[HH].[HH].[HH].[HH].[HH].[HH].[HH].[Na+].[Na+]. The predicted molar refractivity (Wildman–Crippen MR) is 157 cm³/mol. The van der Waals surface area contributed by atoms with Gasteiger partial charge in [-0.05, 0) is 48.9 Å². The Morgan fingerprint density at radius 3 is 1.82 bits per heavy atom. The van der Waals surface area contributed by atoms with E-state index in [1.165, 1.54) is 39.0 Å². The molecule has 0 heterocycles. The molecule has 0 bridgehead atoms. The molecule has 0 radical (unpaired) electrons. The first kappa shape index (κ1) is 46.3. The van der Waals surface area contributed by atoms with Crippen LogP contribution < -0.4 is 68.9 Å². The molecule has 13 heteroatoms. The number of ether oxygens (including phenoxy) is 2. The molecule has 0 aliphatic carbocycles. The summed E-state index contributed by atoms with van der Waals surface area (Å²) < 4.78 is 24.8. The van der Waals surface area contributed by atoms with E-state index in [1.807, 2.05) is 0 Å². The van der Waals surface area contributed by atoms with Crippen molar-refractivity contribution in [3.05, 3.63) is 0 Å². The van der Waals surface area contributed by atoms with Crippen LogP contribution in [0.1, 0.15) is 95.0 Å². The van der Waals surface area contributed by atoms with Crippen LogP contribution in [0, 0.1) is 47.4 Å². The van der Waals surface area contributed by atoms with Gasteiger partial charge in [-0.3, -0.25) is 9.59 Å². The third-order valence-electron chi connectivity index (χ3n) is 4.20. The minimum atomic E-state index is -5.29. The summed E-state index contributed by atoms with van der Waals surface area (Å²) in [6.07, 6.45) is 8.56. The van der Waals surface area contributed by atoms with Gasteiger partial charge in [0.15, 0.2) is 11.2 Å². The number of carbonyl (C=O) groups excluding carboxylic acids is 3. The van der Waals surface area contributed by atoms with Crippen LogP contribution in [0.5, 0.6) is 0 Å². The largest absolute Gasteiger partial charge is 1.00 e. The second-order valence-electron chi connectivity index (χ2n) is 7.68.